The van der Waals surface area contributed by atoms with Crippen LogP contribution in [0.4, 0.5) is 4.39 Å². The van der Waals surface area contributed by atoms with E-state index in [1.54, 1.807) is 19.3 Å². The summed E-state index contributed by atoms with van der Waals surface area (Å²) in [6.45, 7) is 0. The minimum Gasteiger partial charge on any atom is -1.00 e. The highest BCUT2D eigenvalue weighted by molar-refractivity contribution is 5.80. The van der Waals surface area contributed by atoms with Crippen molar-refractivity contribution in [2.75, 3.05) is 0 Å². The van der Waals surface area contributed by atoms with Crippen LogP contribution in [0.1, 0.15) is 0 Å². The van der Waals surface area contributed by atoms with Crippen LogP contribution in [0.3, 0.4) is 0 Å². The lowest BCUT2D eigenvalue weighted by Crippen LogP contribution is -3.00. The molecule has 0 radical (unpaired) electrons. The van der Waals surface area contributed by atoms with Crippen LogP contribution in [0.25, 0.3) is 33.4 Å². The van der Waals surface area contributed by atoms with Gasteiger partial charge < -0.3 is 24.0 Å². The number of halogens is 2. The molecule has 0 aliphatic rings. The molecule has 3 heteroatoms. The minimum atomic E-state index is -0.256. The van der Waals surface area contributed by atoms with Crippen molar-refractivity contribution in [3.8, 4) is 33.4 Å². The van der Waals surface area contributed by atoms with Gasteiger partial charge in [0.2, 0.25) is 0 Å². The second kappa shape index (κ2) is 8.44. The molecule has 1 heterocycles. The molecule has 0 aliphatic carbocycles. The monoisotopic (exact) mass is 467 g/mol. The molecular weight excluding hydrogens is 448 g/mol. The van der Waals surface area contributed by atoms with Crippen LogP contribution >= 0.6 is 0 Å². The van der Waals surface area contributed by atoms with Crippen LogP contribution in [0.2, 0.25) is 0 Å². The molecule has 0 N–H and O–H groups in total. The third kappa shape index (κ3) is 4.25. The zero-order chi connectivity index (χ0) is 17.9. The lowest BCUT2D eigenvalue weighted by Gasteiger charge is -2.11. The fourth-order valence-corrected chi connectivity index (χ4v) is 3.11. The standard InChI is InChI=1S/C24H19FN.HI/c1-26-13-12-20(17-24(26)25)23-15-21(18-8-4-2-5-9-18)14-22(16-23)19-10-6-3-7-11-19;/h2-17H,1H3;1H/q+1;/p-1. The molecular formula is C24H19FIN. The summed E-state index contributed by atoms with van der Waals surface area (Å²) in [5.41, 5.74) is 6.41. The Morgan fingerprint density at radius 2 is 1.00 bits per heavy atom. The van der Waals surface area contributed by atoms with Crippen molar-refractivity contribution in [2.24, 2.45) is 7.05 Å². The summed E-state index contributed by atoms with van der Waals surface area (Å²) >= 11 is 0. The molecule has 4 rings (SSSR count). The zero-order valence-corrected chi connectivity index (χ0v) is 17.1. The number of hydrogen-bond acceptors (Lipinski definition) is 0. The molecule has 134 valence electrons. The molecule has 0 spiro atoms. The topological polar surface area (TPSA) is 3.88 Å². The third-order valence-corrected chi connectivity index (χ3v) is 4.57. The van der Waals surface area contributed by atoms with Gasteiger partial charge in [0.15, 0.2) is 6.20 Å². The molecule has 0 unspecified atom stereocenters. The van der Waals surface area contributed by atoms with Gasteiger partial charge in [-0.1, -0.05) is 60.7 Å². The lowest BCUT2D eigenvalue weighted by atomic mass is 9.94. The number of nitrogens with zero attached hydrogens (tertiary/aromatic N) is 1. The largest absolute Gasteiger partial charge is 1.00 e. The predicted octanol–water partition coefficient (Wildman–Crippen LogP) is 2.66. The Bertz CT molecular complexity index is 989. The van der Waals surface area contributed by atoms with Crippen molar-refractivity contribution in [3.63, 3.8) is 0 Å². The van der Waals surface area contributed by atoms with Gasteiger partial charge in [-0.15, -0.1) is 4.39 Å². The summed E-state index contributed by atoms with van der Waals surface area (Å²) in [6.07, 6.45) is 1.75. The van der Waals surface area contributed by atoms with Crippen molar-refractivity contribution >= 4 is 0 Å². The van der Waals surface area contributed by atoms with Crippen molar-refractivity contribution < 1.29 is 32.9 Å². The van der Waals surface area contributed by atoms with Gasteiger partial charge in [-0.05, 0) is 51.6 Å². The van der Waals surface area contributed by atoms with E-state index in [9.17, 15) is 4.39 Å². The van der Waals surface area contributed by atoms with E-state index in [2.05, 4.69) is 42.5 Å². The second-order valence-corrected chi connectivity index (χ2v) is 6.38. The Kier molecular flexibility index (Phi) is 6.01. The number of rotatable bonds is 3. The maximum atomic E-state index is 14.1. The van der Waals surface area contributed by atoms with E-state index in [0.29, 0.717) is 0 Å². The molecule has 1 aromatic heterocycles. The molecule has 0 saturated carbocycles. The lowest BCUT2D eigenvalue weighted by molar-refractivity contribution is -0.700. The van der Waals surface area contributed by atoms with Crippen molar-refractivity contribution in [1.82, 2.24) is 0 Å². The number of pyridine rings is 1. The highest BCUT2D eigenvalue weighted by atomic mass is 127. The maximum Gasteiger partial charge on any atom is 0.359 e. The predicted molar refractivity (Wildman–Crippen MR) is 104 cm³/mol. The van der Waals surface area contributed by atoms with Gasteiger partial charge in [-0.2, -0.15) is 4.57 Å². The van der Waals surface area contributed by atoms with Crippen LogP contribution in [0, 0.1) is 5.95 Å². The number of aryl methyl sites for hydroxylation is 1. The summed E-state index contributed by atoms with van der Waals surface area (Å²) in [6, 6.07) is 30.5. The first-order chi connectivity index (χ1) is 12.7. The highest BCUT2D eigenvalue weighted by Gasteiger charge is 2.11. The molecule has 3 aromatic carbocycles. The van der Waals surface area contributed by atoms with Crippen molar-refractivity contribution in [2.45, 2.75) is 0 Å². The zero-order valence-electron chi connectivity index (χ0n) is 14.9. The van der Waals surface area contributed by atoms with E-state index in [-0.39, 0.29) is 29.9 Å². The van der Waals surface area contributed by atoms with Gasteiger partial charge in [0.1, 0.15) is 7.05 Å². The van der Waals surface area contributed by atoms with E-state index in [0.717, 1.165) is 33.4 Å². The van der Waals surface area contributed by atoms with Crippen LogP contribution < -0.4 is 28.5 Å². The van der Waals surface area contributed by atoms with E-state index < -0.39 is 0 Å². The molecule has 0 atom stereocenters. The van der Waals surface area contributed by atoms with Gasteiger partial charge in [0.25, 0.3) is 0 Å². The number of benzene rings is 3. The van der Waals surface area contributed by atoms with Crippen LogP contribution in [0.5, 0.6) is 0 Å². The first-order valence-corrected chi connectivity index (χ1v) is 8.62. The Hall–Kier alpha value is -2.53. The third-order valence-electron chi connectivity index (χ3n) is 4.57. The summed E-state index contributed by atoms with van der Waals surface area (Å²) in [4.78, 5) is 0. The molecule has 0 bridgehead atoms. The van der Waals surface area contributed by atoms with E-state index in [1.807, 2.05) is 42.5 Å². The second-order valence-electron chi connectivity index (χ2n) is 6.38. The van der Waals surface area contributed by atoms with Crippen molar-refractivity contribution in [1.29, 1.82) is 0 Å². The normalized spacial score (nSPS) is 10.3. The van der Waals surface area contributed by atoms with Gasteiger partial charge in [-0.25, -0.2) is 0 Å². The Morgan fingerprint density at radius 1 is 0.556 bits per heavy atom. The van der Waals surface area contributed by atoms with Crippen LogP contribution in [-0.2, 0) is 7.05 Å². The first kappa shape index (κ1) is 19.2. The van der Waals surface area contributed by atoms with Gasteiger partial charge >= 0.3 is 5.95 Å². The minimum absolute atomic E-state index is 0. The summed E-state index contributed by atoms with van der Waals surface area (Å²) in [7, 11) is 1.70. The van der Waals surface area contributed by atoms with E-state index in [4.69, 9.17) is 0 Å². The average molecular weight is 467 g/mol. The Morgan fingerprint density at radius 3 is 1.44 bits per heavy atom. The Labute approximate surface area is 176 Å². The van der Waals surface area contributed by atoms with Gasteiger partial charge in [0, 0.05) is 12.1 Å². The first-order valence-electron chi connectivity index (χ1n) is 8.62. The van der Waals surface area contributed by atoms with E-state index in [1.165, 1.54) is 4.57 Å². The maximum absolute atomic E-state index is 14.1. The average Bonchev–Trinajstić information content (AvgIpc) is 2.71. The molecule has 0 aliphatic heterocycles. The number of hydrogen-bond donors (Lipinski definition) is 0. The summed E-state index contributed by atoms with van der Waals surface area (Å²) < 4.78 is 15.5. The van der Waals surface area contributed by atoms with Crippen LogP contribution in [-0.4, -0.2) is 0 Å². The van der Waals surface area contributed by atoms with Gasteiger partial charge in [-0.3, -0.25) is 0 Å². The summed E-state index contributed by atoms with van der Waals surface area (Å²) in [5, 5.41) is 0. The SMILES string of the molecule is C[n+]1ccc(-c2cc(-c3ccccc3)cc(-c3ccccc3)c2)cc1F.[I-]. The molecule has 4 aromatic rings. The number of aromatic nitrogens is 1. The molecule has 1 nitrogen and oxygen atoms in total. The molecule has 0 amide bonds. The smallest absolute Gasteiger partial charge is 0.359 e. The Balaban J connectivity index is 0.00000210. The molecule has 27 heavy (non-hydrogen) atoms. The van der Waals surface area contributed by atoms with Crippen LogP contribution in [0.15, 0.2) is 97.2 Å². The molecule has 0 saturated heterocycles. The molecule has 0 fully saturated rings. The fourth-order valence-electron chi connectivity index (χ4n) is 3.11. The summed E-state index contributed by atoms with van der Waals surface area (Å²) in [5.74, 6) is -0.256. The fraction of sp³-hybridized carbons (Fsp3) is 0.0417. The van der Waals surface area contributed by atoms with Gasteiger partial charge in [0.05, 0.1) is 0 Å². The van der Waals surface area contributed by atoms with Crippen molar-refractivity contribution in [3.05, 3.63) is 103 Å². The van der Waals surface area contributed by atoms with E-state index >= 15 is 0 Å². The highest BCUT2D eigenvalue weighted by Crippen LogP contribution is 2.32. The quantitative estimate of drug-likeness (QED) is 0.248.